The molecule has 0 aliphatic heterocycles. The standard InChI is InChI=1S/C14H11BrN2O2S/c1-9(18-11-6-4-10(15)5-7-11)13-16-17-14(19-13)12-3-2-8-20-12/h2-9H,1H3. The normalized spacial score (nSPS) is 12.3. The number of hydrogen-bond acceptors (Lipinski definition) is 5. The van der Waals surface area contributed by atoms with Gasteiger partial charge in [-0.1, -0.05) is 22.0 Å². The Labute approximate surface area is 128 Å². The van der Waals surface area contributed by atoms with Gasteiger partial charge in [-0.2, -0.15) is 0 Å². The summed E-state index contributed by atoms with van der Waals surface area (Å²) in [6, 6.07) is 11.5. The van der Waals surface area contributed by atoms with Crippen LogP contribution >= 0.6 is 27.3 Å². The molecule has 3 rings (SSSR count). The van der Waals surface area contributed by atoms with Crippen LogP contribution in [0.3, 0.4) is 0 Å². The first-order valence-electron chi connectivity index (χ1n) is 6.02. The molecule has 4 nitrogen and oxygen atoms in total. The maximum absolute atomic E-state index is 5.77. The first-order chi connectivity index (χ1) is 9.72. The molecule has 0 fully saturated rings. The van der Waals surface area contributed by atoms with Crippen LogP contribution in [0.4, 0.5) is 0 Å². The zero-order valence-electron chi connectivity index (χ0n) is 10.6. The second-order valence-electron chi connectivity index (χ2n) is 4.14. The molecule has 0 spiro atoms. The molecule has 0 N–H and O–H groups in total. The Morgan fingerprint density at radius 1 is 1.20 bits per heavy atom. The topological polar surface area (TPSA) is 48.2 Å². The monoisotopic (exact) mass is 350 g/mol. The van der Waals surface area contributed by atoms with Crippen molar-refractivity contribution in [2.75, 3.05) is 0 Å². The number of thiophene rings is 1. The molecule has 1 atom stereocenters. The van der Waals surface area contributed by atoms with Crippen molar-refractivity contribution in [2.24, 2.45) is 0 Å². The van der Waals surface area contributed by atoms with E-state index in [0.717, 1.165) is 15.1 Å². The van der Waals surface area contributed by atoms with Crippen molar-refractivity contribution in [1.82, 2.24) is 10.2 Å². The molecule has 0 radical (unpaired) electrons. The minimum atomic E-state index is -0.294. The van der Waals surface area contributed by atoms with E-state index in [1.54, 1.807) is 11.3 Å². The van der Waals surface area contributed by atoms with Crippen LogP contribution in [0, 0.1) is 0 Å². The summed E-state index contributed by atoms with van der Waals surface area (Å²) in [6.45, 7) is 1.88. The molecule has 2 aromatic heterocycles. The molecule has 0 bridgehead atoms. The van der Waals surface area contributed by atoms with Gasteiger partial charge in [-0.25, -0.2) is 0 Å². The van der Waals surface area contributed by atoms with Gasteiger partial charge in [-0.05, 0) is 42.6 Å². The summed E-state index contributed by atoms with van der Waals surface area (Å²) in [5.74, 6) is 1.76. The fourth-order valence-electron chi connectivity index (χ4n) is 1.67. The maximum atomic E-state index is 5.77. The summed E-state index contributed by atoms with van der Waals surface area (Å²) >= 11 is 4.95. The van der Waals surface area contributed by atoms with E-state index in [1.165, 1.54) is 0 Å². The van der Waals surface area contributed by atoms with Gasteiger partial charge in [0.15, 0.2) is 6.10 Å². The molecule has 0 aliphatic carbocycles. The highest BCUT2D eigenvalue weighted by atomic mass is 79.9. The third-order valence-corrected chi connectivity index (χ3v) is 4.03. The van der Waals surface area contributed by atoms with Crippen molar-refractivity contribution < 1.29 is 9.15 Å². The SMILES string of the molecule is CC(Oc1ccc(Br)cc1)c1nnc(-c2cccs2)o1. The average molecular weight is 351 g/mol. The summed E-state index contributed by atoms with van der Waals surface area (Å²) in [7, 11) is 0. The highest BCUT2D eigenvalue weighted by Crippen LogP contribution is 2.27. The first-order valence-corrected chi connectivity index (χ1v) is 7.69. The molecule has 1 unspecified atom stereocenters. The molecule has 0 saturated heterocycles. The number of ether oxygens (including phenoxy) is 1. The first kappa shape index (κ1) is 13.3. The van der Waals surface area contributed by atoms with Crippen LogP contribution in [0.25, 0.3) is 10.8 Å². The van der Waals surface area contributed by atoms with Crippen molar-refractivity contribution in [3.05, 3.63) is 52.1 Å². The Morgan fingerprint density at radius 3 is 2.70 bits per heavy atom. The van der Waals surface area contributed by atoms with Gasteiger partial charge in [0.25, 0.3) is 11.8 Å². The van der Waals surface area contributed by atoms with E-state index in [9.17, 15) is 0 Å². The number of halogens is 1. The van der Waals surface area contributed by atoms with Crippen molar-refractivity contribution in [3.63, 3.8) is 0 Å². The molecule has 2 heterocycles. The molecule has 1 aromatic carbocycles. The number of benzene rings is 1. The molecule has 102 valence electrons. The molecule has 20 heavy (non-hydrogen) atoms. The lowest BCUT2D eigenvalue weighted by Gasteiger charge is -2.10. The Kier molecular flexibility index (Phi) is 3.84. The van der Waals surface area contributed by atoms with Crippen LogP contribution in [-0.4, -0.2) is 10.2 Å². The zero-order chi connectivity index (χ0) is 13.9. The van der Waals surface area contributed by atoms with E-state index in [0.29, 0.717) is 11.8 Å². The average Bonchev–Trinajstić information content (AvgIpc) is 3.11. The van der Waals surface area contributed by atoms with Gasteiger partial charge < -0.3 is 9.15 Å². The second-order valence-corrected chi connectivity index (χ2v) is 6.00. The van der Waals surface area contributed by atoms with Crippen molar-refractivity contribution in [3.8, 4) is 16.5 Å². The predicted octanol–water partition coefficient (Wildman–Crippen LogP) is 4.70. The Hall–Kier alpha value is -1.66. The molecule has 0 amide bonds. The maximum Gasteiger partial charge on any atom is 0.257 e. The van der Waals surface area contributed by atoms with Gasteiger partial charge in [0.1, 0.15) is 5.75 Å². The quantitative estimate of drug-likeness (QED) is 0.684. The van der Waals surface area contributed by atoms with Gasteiger partial charge in [0.05, 0.1) is 4.88 Å². The third kappa shape index (κ3) is 2.91. The number of hydrogen-bond donors (Lipinski definition) is 0. The van der Waals surface area contributed by atoms with Crippen LogP contribution in [-0.2, 0) is 0 Å². The molecule has 0 saturated carbocycles. The van der Waals surface area contributed by atoms with E-state index >= 15 is 0 Å². The number of rotatable bonds is 4. The fourth-order valence-corrected chi connectivity index (χ4v) is 2.57. The van der Waals surface area contributed by atoms with Gasteiger partial charge in [-0.3, -0.25) is 0 Å². The Balaban J connectivity index is 1.74. The second kappa shape index (κ2) is 5.76. The van der Waals surface area contributed by atoms with Gasteiger partial charge in [0, 0.05) is 4.47 Å². The number of aromatic nitrogens is 2. The van der Waals surface area contributed by atoms with E-state index in [-0.39, 0.29) is 6.10 Å². The molecule has 6 heteroatoms. The largest absolute Gasteiger partial charge is 0.481 e. The smallest absolute Gasteiger partial charge is 0.257 e. The summed E-state index contributed by atoms with van der Waals surface area (Å²) < 4.78 is 12.4. The van der Waals surface area contributed by atoms with Gasteiger partial charge >= 0.3 is 0 Å². The molecular weight excluding hydrogens is 340 g/mol. The highest BCUT2D eigenvalue weighted by molar-refractivity contribution is 9.10. The van der Waals surface area contributed by atoms with E-state index in [1.807, 2.05) is 48.7 Å². The van der Waals surface area contributed by atoms with Gasteiger partial charge in [-0.15, -0.1) is 21.5 Å². The Morgan fingerprint density at radius 2 is 2.00 bits per heavy atom. The van der Waals surface area contributed by atoms with Crippen LogP contribution in [0.1, 0.15) is 18.9 Å². The third-order valence-electron chi connectivity index (χ3n) is 2.65. The fraction of sp³-hybridized carbons (Fsp3) is 0.143. The van der Waals surface area contributed by atoms with Crippen LogP contribution in [0.15, 0.2) is 50.7 Å². The minimum Gasteiger partial charge on any atom is -0.481 e. The summed E-state index contributed by atoms with van der Waals surface area (Å²) in [6.07, 6.45) is -0.294. The van der Waals surface area contributed by atoms with Crippen LogP contribution in [0.5, 0.6) is 5.75 Å². The molecule has 3 aromatic rings. The minimum absolute atomic E-state index is 0.294. The lowest BCUT2D eigenvalue weighted by Crippen LogP contribution is -2.03. The van der Waals surface area contributed by atoms with Crippen LogP contribution < -0.4 is 4.74 Å². The van der Waals surface area contributed by atoms with Crippen molar-refractivity contribution in [1.29, 1.82) is 0 Å². The molecular formula is C14H11BrN2O2S. The summed E-state index contributed by atoms with van der Waals surface area (Å²) in [5.41, 5.74) is 0. The lowest BCUT2D eigenvalue weighted by atomic mass is 10.3. The Bertz CT molecular complexity index is 680. The van der Waals surface area contributed by atoms with Gasteiger partial charge in [0.2, 0.25) is 0 Å². The van der Waals surface area contributed by atoms with E-state index < -0.39 is 0 Å². The predicted molar refractivity (Wildman–Crippen MR) is 80.8 cm³/mol. The molecule has 0 aliphatic rings. The van der Waals surface area contributed by atoms with Crippen LogP contribution in [0.2, 0.25) is 0 Å². The van der Waals surface area contributed by atoms with E-state index in [2.05, 4.69) is 26.1 Å². The number of nitrogens with zero attached hydrogens (tertiary/aromatic N) is 2. The summed E-state index contributed by atoms with van der Waals surface area (Å²) in [5, 5.41) is 10.1. The highest BCUT2D eigenvalue weighted by Gasteiger charge is 2.16. The lowest BCUT2D eigenvalue weighted by molar-refractivity contribution is 0.189. The zero-order valence-corrected chi connectivity index (χ0v) is 13.0. The van der Waals surface area contributed by atoms with Crippen molar-refractivity contribution >= 4 is 27.3 Å². The van der Waals surface area contributed by atoms with E-state index in [4.69, 9.17) is 9.15 Å². The van der Waals surface area contributed by atoms with Crippen molar-refractivity contribution in [2.45, 2.75) is 13.0 Å². The summed E-state index contributed by atoms with van der Waals surface area (Å²) in [4.78, 5) is 0.958.